The Morgan fingerprint density at radius 2 is 2.14 bits per heavy atom. The summed E-state index contributed by atoms with van der Waals surface area (Å²) in [7, 11) is -1.14. The Morgan fingerprint density at radius 3 is 2.64 bits per heavy atom. The highest BCUT2D eigenvalue weighted by molar-refractivity contribution is 7.92. The molecule has 0 aliphatic rings. The molecule has 2 rings (SSSR count). The van der Waals surface area contributed by atoms with Crippen LogP contribution in [0, 0.1) is 0 Å². The van der Waals surface area contributed by atoms with E-state index in [1.807, 2.05) is 0 Å². The molecule has 0 saturated carbocycles. The average Bonchev–Trinajstić information content (AvgIpc) is 2.82. The van der Waals surface area contributed by atoms with Crippen LogP contribution in [0.1, 0.15) is 10.4 Å². The standard InChI is InChI=1S/C12H12ClN3O5S/c1-16-6-7(5-14-16)15-22(19,20)11-4-10(21-2)8(12(17)18)3-9(11)13/h3-6,15H,1-2H3,(H,17,18). The second-order valence-electron chi connectivity index (χ2n) is 4.30. The Kier molecular flexibility index (Phi) is 4.29. The quantitative estimate of drug-likeness (QED) is 0.851. The lowest BCUT2D eigenvalue weighted by molar-refractivity contribution is 0.0693. The van der Waals surface area contributed by atoms with Crippen LogP contribution in [0.4, 0.5) is 5.69 Å². The van der Waals surface area contributed by atoms with E-state index in [9.17, 15) is 13.2 Å². The van der Waals surface area contributed by atoms with Crippen molar-refractivity contribution in [1.82, 2.24) is 9.78 Å². The van der Waals surface area contributed by atoms with Gasteiger partial charge >= 0.3 is 5.97 Å². The summed E-state index contributed by atoms with van der Waals surface area (Å²) in [4.78, 5) is 10.8. The van der Waals surface area contributed by atoms with E-state index >= 15 is 0 Å². The molecular formula is C12H12ClN3O5S. The fourth-order valence-electron chi connectivity index (χ4n) is 1.76. The Labute approximate surface area is 131 Å². The third kappa shape index (κ3) is 3.15. The minimum absolute atomic E-state index is 0.108. The van der Waals surface area contributed by atoms with Crippen LogP contribution < -0.4 is 9.46 Å². The van der Waals surface area contributed by atoms with Crippen LogP contribution >= 0.6 is 11.6 Å². The summed E-state index contributed by atoms with van der Waals surface area (Å²) in [6.07, 6.45) is 2.79. The lowest BCUT2D eigenvalue weighted by atomic mass is 10.2. The van der Waals surface area contributed by atoms with E-state index in [-0.39, 0.29) is 26.9 Å². The van der Waals surface area contributed by atoms with Crippen LogP contribution in [0.5, 0.6) is 5.75 Å². The molecule has 22 heavy (non-hydrogen) atoms. The molecule has 118 valence electrons. The Bertz CT molecular complexity index is 831. The molecule has 0 spiro atoms. The first-order valence-corrected chi connectivity index (χ1v) is 7.73. The van der Waals surface area contributed by atoms with Crippen molar-refractivity contribution in [2.75, 3.05) is 11.8 Å². The number of carboxylic acid groups (broad SMARTS) is 1. The van der Waals surface area contributed by atoms with Gasteiger partial charge in [0.15, 0.2) is 0 Å². The first-order valence-electron chi connectivity index (χ1n) is 5.87. The number of benzene rings is 1. The number of hydrogen-bond donors (Lipinski definition) is 2. The number of rotatable bonds is 5. The number of ether oxygens (including phenoxy) is 1. The van der Waals surface area contributed by atoms with Gasteiger partial charge in [0.2, 0.25) is 0 Å². The molecule has 2 N–H and O–H groups in total. The zero-order chi connectivity index (χ0) is 16.5. The number of aromatic nitrogens is 2. The first-order chi connectivity index (χ1) is 10.2. The van der Waals surface area contributed by atoms with Crippen LogP contribution in [0.2, 0.25) is 5.02 Å². The number of nitrogens with zero attached hydrogens (tertiary/aromatic N) is 2. The smallest absolute Gasteiger partial charge is 0.339 e. The van der Waals surface area contributed by atoms with Crippen molar-refractivity contribution < 1.29 is 23.1 Å². The van der Waals surface area contributed by atoms with Crippen LogP contribution in [0.25, 0.3) is 0 Å². The van der Waals surface area contributed by atoms with E-state index in [1.54, 1.807) is 7.05 Å². The van der Waals surface area contributed by atoms with E-state index in [0.29, 0.717) is 0 Å². The van der Waals surface area contributed by atoms with Crippen molar-refractivity contribution in [2.45, 2.75) is 4.90 Å². The van der Waals surface area contributed by atoms with Crippen molar-refractivity contribution in [1.29, 1.82) is 0 Å². The molecule has 1 aromatic heterocycles. The van der Waals surface area contributed by atoms with Gasteiger partial charge < -0.3 is 9.84 Å². The van der Waals surface area contributed by atoms with Gasteiger partial charge in [-0.25, -0.2) is 13.2 Å². The van der Waals surface area contributed by atoms with Crippen molar-refractivity contribution in [3.8, 4) is 5.75 Å². The van der Waals surface area contributed by atoms with Gasteiger partial charge in [-0.1, -0.05) is 11.6 Å². The number of aromatic carboxylic acids is 1. The summed E-state index contributed by atoms with van der Waals surface area (Å²) >= 11 is 5.90. The average molecular weight is 346 g/mol. The van der Waals surface area contributed by atoms with Crippen LogP contribution in [0.3, 0.4) is 0 Å². The molecule has 1 heterocycles. The topological polar surface area (TPSA) is 111 Å². The van der Waals surface area contributed by atoms with Gasteiger partial charge in [-0.2, -0.15) is 5.10 Å². The maximum absolute atomic E-state index is 12.3. The number of sulfonamides is 1. The minimum atomic E-state index is -4.01. The van der Waals surface area contributed by atoms with Crippen LogP contribution in [-0.2, 0) is 17.1 Å². The lowest BCUT2D eigenvalue weighted by Gasteiger charge is -2.11. The summed E-state index contributed by atoms with van der Waals surface area (Å²) < 4.78 is 33.3. The van der Waals surface area contributed by atoms with Gasteiger partial charge in [0.05, 0.1) is 24.0 Å². The fourth-order valence-corrected chi connectivity index (χ4v) is 3.33. The Balaban J connectivity index is 2.49. The molecule has 0 bridgehead atoms. The van der Waals surface area contributed by atoms with Gasteiger partial charge in [-0.15, -0.1) is 0 Å². The number of anilines is 1. The largest absolute Gasteiger partial charge is 0.496 e. The van der Waals surface area contributed by atoms with Crippen molar-refractivity contribution >= 4 is 33.3 Å². The molecule has 0 aliphatic heterocycles. The molecule has 8 nitrogen and oxygen atoms in total. The lowest BCUT2D eigenvalue weighted by Crippen LogP contribution is -2.14. The zero-order valence-electron chi connectivity index (χ0n) is 11.6. The molecule has 0 unspecified atom stereocenters. The van der Waals surface area contributed by atoms with Crippen molar-refractivity contribution in [3.63, 3.8) is 0 Å². The zero-order valence-corrected chi connectivity index (χ0v) is 13.1. The van der Waals surface area contributed by atoms with Gasteiger partial charge in [-0.05, 0) is 6.07 Å². The van der Waals surface area contributed by atoms with Crippen LogP contribution in [0.15, 0.2) is 29.4 Å². The second kappa shape index (κ2) is 5.85. The summed E-state index contributed by atoms with van der Waals surface area (Å²) in [5, 5.41) is 12.7. The Hall–Kier alpha value is -2.26. The number of aryl methyl sites for hydroxylation is 1. The highest BCUT2D eigenvalue weighted by Crippen LogP contribution is 2.31. The summed E-state index contributed by atoms with van der Waals surface area (Å²) in [6.45, 7) is 0. The van der Waals surface area contributed by atoms with E-state index in [0.717, 1.165) is 12.1 Å². The molecule has 0 fully saturated rings. The maximum Gasteiger partial charge on any atom is 0.339 e. The van der Waals surface area contributed by atoms with Gasteiger partial charge in [-0.3, -0.25) is 9.40 Å². The van der Waals surface area contributed by atoms with Gasteiger partial charge in [0.25, 0.3) is 10.0 Å². The molecular weight excluding hydrogens is 334 g/mol. The van der Waals surface area contributed by atoms with E-state index in [4.69, 9.17) is 21.4 Å². The third-order valence-corrected chi connectivity index (χ3v) is 4.58. The Morgan fingerprint density at radius 1 is 1.45 bits per heavy atom. The monoisotopic (exact) mass is 345 g/mol. The maximum atomic E-state index is 12.3. The summed E-state index contributed by atoms with van der Waals surface area (Å²) in [6, 6.07) is 2.09. The molecule has 0 atom stereocenters. The minimum Gasteiger partial charge on any atom is -0.496 e. The van der Waals surface area contributed by atoms with E-state index in [2.05, 4.69) is 9.82 Å². The predicted octanol–water partition coefficient (Wildman–Crippen LogP) is 1.58. The predicted molar refractivity (Wildman–Crippen MR) is 79.0 cm³/mol. The second-order valence-corrected chi connectivity index (χ2v) is 6.35. The first kappa shape index (κ1) is 16.1. The molecule has 0 aliphatic carbocycles. The molecule has 2 aromatic rings. The highest BCUT2D eigenvalue weighted by Gasteiger charge is 2.23. The third-order valence-electron chi connectivity index (χ3n) is 2.73. The number of carboxylic acids is 1. The molecule has 0 saturated heterocycles. The van der Waals surface area contributed by atoms with E-state index < -0.39 is 16.0 Å². The number of nitrogens with one attached hydrogen (secondary N) is 1. The SMILES string of the molecule is COc1cc(S(=O)(=O)Nc2cnn(C)c2)c(Cl)cc1C(=O)O. The van der Waals surface area contributed by atoms with Gasteiger partial charge in [0, 0.05) is 19.3 Å². The highest BCUT2D eigenvalue weighted by atomic mass is 35.5. The van der Waals surface area contributed by atoms with Crippen molar-refractivity contribution in [3.05, 3.63) is 35.1 Å². The van der Waals surface area contributed by atoms with E-state index in [1.165, 1.54) is 24.2 Å². The normalized spacial score (nSPS) is 11.2. The molecule has 0 radical (unpaired) electrons. The number of carbonyl (C=O) groups is 1. The number of methoxy groups -OCH3 is 1. The molecule has 10 heteroatoms. The number of hydrogen-bond acceptors (Lipinski definition) is 5. The summed E-state index contributed by atoms with van der Waals surface area (Å²) in [5.41, 5.74) is 0.0210. The number of halogens is 1. The molecule has 1 aromatic carbocycles. The molecule has 0 amide bonds. The van der Waals surface area contributed by atoms with Gasteiger partial charge in [0.1, 0.15) is 16.2 Å². The fraction of sp³-hybridized carbons (Fsp3) is 0.167. The summed E-state index contributed by atoms with van der Waals surface area (Å²) in [5.74, 6) is -1.38. The van der Waals surface area contributed by atoms with Crippen molar-refractivity contribution in [2.24, 2.45) is 7.05 Å². The van der Waals surface area contributed by atoms with Crippen LogP contribution in [-0.4, -0.2) is 36.4 Å².